The Labute approximate surface area is 178 Å². The van der Waals surface area contributed by atoms with Crippen molar-refractivity contribution in [2.75, 3.05) is 24.5 Å². The van der Waals surface area contributed by atoms with Gasteiger partial charge in [0.25, 0.3) is 5.91 Å². The number of aromatic amines is 1. The van der Waals surface area contributed by atoms with Crippen molar-refractivity contribution in [3.8, 4) is 0 Å². The van der Waals surface area contributed by atoms with Crippen molar-refractivity contribution < 1.29 is 4.79 Å². The monoisotopic (exact) mass is 414 g/mol. The maximum Gasteiger partial charge on any atom is 0.256 e. The molecule has 0 spiro atoms. The van der Waals surface area contributed by atoms with Crippen LogP contribution in [0.4, 0.5) is 5.95 Å². The Bertz CT molecular complexity index is 1200. The Morgan fingerprint density at radius 2 is 1.90 bits per heavy atom. The number of amides is 1. The molecule has 1 amide bonds. The molecule has 4 aromatic heterocycles. The van der Waals surface area contributed by atoms with E-state index >= 15 is 0 Å². The van der Waals surface area contributed by atoms with Crippen molar-refractivity contribution in [2.45, 2.75) is 25.3 Å². The van der Waals surface area contributed by atoms with Crippen LogP contribution >= 0.6 is 0 Å². The number of imidazole rings is 1. The number of fused-ring (bicyclic) bond motifs is 2. The zero-order chi connectivity index (χ0) is 20.8. The third-order valence-corrected chi connectivity index (χ3v) is 6.13. The predicted molar refractivity (Wildman–Crippen MR) is 114 cm³/mol. The summed E-state index contributed by atoms with van der Waals surface area (Å²) in [6.45, 7) is 2.35. The molecule has 0 saturated carbocycles. The summed E-state index contributed by atoms with van der Waals surface area (Å²) < 4.78 is 1.87. The third kappa shape index (κ3) is 3.04. The van der Waals surface area contributed by atoms with Crippen LogP contribution in [0.3, 0.4) is 0 Å². The molecular weight excluding hydrogens is 392 g/mol. The molecule has 0 bridgehead atoms. The summed E-state index contributed by atoms with van der Waals surface area (Å²) in [7, 11) is 0. The Balaban J connectivity index is 1.37. The average Bonchev–Trinajstić information content (AvgIpc) is 3.58. The first-order valence-corrected chi connectivity index (χ1v) is 10.6. The number of nitrogens with zero attached hydrogens (tertiary/aromatic N) is 7. The Hall–Kier alpha value is -3.75. The highest BCUT2D eigenvalue weighted by Crippen LogP contribution is 2.35. The van der Waals surface area contributed by atoms with Crippen molar-refractivity contribution in [1.29, 1.82) is 0 Å². The van der Waals surface area contributed by atoms with Gasteiger partial charge in [-0.25, -0.2) is 19.5 Å². The van der Waals surface area contributed by atoms with Gasteiger partial charge in [-0.1, -0.05) is 6.07 Å². The van der Waals surface area contributed by atoms with E-state index in [4.69, 9.17) is 5.10 Å². The Kier molecular flexibility index (Phi) is 4.19. The molecule has 6 rings (SSSR count). The topological polar surface area (TPSA) is 95.3 Å². The molecule has 1 N–H and O–H groups in total. The first-order valence-electron chi connectivity index (χ1n) is 10.6. The minimum atomic E-state index is -0.199. The number of likely N-dealkylation sites (tertiary alicyclic amines) is 1. The van der Waals surface area contributed by atoms with Gasteiger partial charge in [0.15, 0.2) is 0 Å². The number of hydrogen-bond donors (Lipinski definition) is 1. The summed E-state index contributed by atoms with van der Waals surface area (Å²) in [5.41, 5.74) is 4.50. The lowest BCUT2D eigenvalue weighted by molar-refractivity contribution is 0.0792. The summed E-state index contributed by atoms with van der Waals surface area (Å²) >= 11 is 0. The molecule has 9 heteroatoms. The molecule has 2 aliphatic heterocycles. The molecule has 2 aliphatic rings. The van der Waals surface area contributed by atoms with Crippen LogP contribution in [0.25, 0.3) is 5.52 Å². The summed E-state index contributed by atoms with van der Waals surface area (Å²) in [6.07, 6.45) is 9.89. The van der Waals surface area contributed by atoms with E-state index in [1.54, 1.807) is 18.7 Å². The zero-order valence-corrected chi connectivity index (χ0v) is 17.0. The van der Waals surface area contributed by atoms with E-state index in [-0.39, 0.29) is 11.9 Å². The number of aromatic nitrogens is 6. The molecule has 156 valence electrons. The second-order valence-electron chi connectivity index (χ2n) is 8.02. The van der Waals surface area contributed by atoms with Gasteiger partial charge in [0.1, 0.15) is 6.04 Å². The largest absolute Gasteiger partial charge is 0.348 e. The van der Waals surface area contributed by atoms with Crippen LogP contribution in [-0.4, -0.2) is 60.0 Å². The van der Waals surface area contributed by atoms with Gasteiger partial charge >= 0.3 is 0 Å². The van der Waals surface area contributed by atoms with Crippen LogP contribution in [0.15, 0.2) is 49.2 Å². The summed E-state index contributed by atoms with van der Waals surface area (Å²) in [5.74, 6) is 0.586. The van der Waals surface area contributed by atoms with E-state index in [0.717, 1.165) is 61.5 Å². The van der Waals surface area contributed by atoms with Crippen LogP contribution in [0.2, 0.25) is 0 Å². The third-order valence-electron chi connectivity index (χ3n) is 6.13. The first kappa shape index (κ1) is 18.1. The maximum absolute atomic E-state index is 12.7. The summed E-state index contributed by atoms with van der Waals surface area (Å²) in [4.78, 5) is 33.6. The van der Waals surface area contributed by atoms with Crippen LogP contribution in [0.1, 0.15) is 46.3 Å². The highest BCUT2D eigenvalue weighted by Gasteiger charge is 2.34. The van der Waals surface area contributed by atoms with Crippen molar-refractivity contribution in [3.05, 3.63) is 71.8 Å². The van der Waals surface area contributed by atoms with Gasteiger partial charge in [-0.2, -0.15) is 5.10 Å². The normalized spacial score (nSPS) is 18.5. The zero-order valence-electron chi connectivity index (χ0n) is 17.0. The number of nitrogens with one attached hydrogen (secondary N) is 1. The van der Waals surface area contributed by atoms with Crippen LogP contribution in [0, 0.1) is 0 Å². The number of pyridine rings is 1. The highest BCUT2D eigenvalue weighted by atomic mass is 16.2. The fourth-order valence-electron chi connectivity index (χ4n) is 4.57. The van der Waals surface area contributed by atoms with Gasteiger partial charge in [0, 0.05) is 50.3 Å². The van der Waals surface area contributed by atoms with Crippen molar-refractivity contribution >= 4 is 17.4 Å². The molecule has 31 heavy (non-hydrogen) atoms. The smallest absolute Gasteiger partial charge is 0.256 e. The average molecular weight is 414 g/mol. The minimum Gasteiger partial charge on any atom is -0.348 e. The fraction of sp³-hybridized carbons (Fsp3) is 0.318. The molecule has 0 aliphatic carbocycles. The lowest BCUT2D eigenvalue weighted by Gasteiger charge is -2.33. The number of anilines is 1. The molecule has 0 aromatic carbocycles. The second kappa shape index (κ2) is 7.19. The molecular formula is C22H22N8O. The van der Waals surface area contributed by atoms with Crippen LogP contribution in [0.5, 0.6) is 0 Å². The molecule has 0 unspecified atom stereocenters. The number of carbonyl (C=O) groups excluding carboxylic acids is 1. The Morgan fingerprint density at radius 3 is 2.71 bits per heavy atom. The number of H-pyrrole nitrogens is 1. The van der Waals surface area contributed by atoms with Crippen molar-refractivity contribution in [3.63, 3.8) is 0 Å². The number of carbonyl (C=O) groups is 1. The molecule has 1 saturated heterocycles. The molecule has 4 aromatic rings. The molecule has 6 heterocycles. The molecule has 1 atom stereocenters. The van der Waals surface area contributed by atoms with E-state index in [1.165, 1.54) is 0 Å². The predicted octanol–water partition coefficient (Wildman–Crippen LogP) is 2.24. The van der Waals surface area contributed by atoms with Crippen molar-refractivity contribution in [1.82, 2.24) is 34.4 Å². The summed E-state index contributed by atoms with van der Waals surface area (Å²) in [6, 6.07) is 7.87. The van der Waals surface area contributed by atoms with Gasteiger partial charge in [-0.05, 0) is 31.0 Å². The SMILES string of the molecule is O=C(c1cnc(N2CCc3[nH]cnc3[C@H]2c2cc3ccccn3n2)nc1)N1CCCC1. The molecule has 0 radical (unpaired) electrons. The van der Waals surface area contributed by atoms with E-state index in [1.807, 2.05) is 33.8 Å². The van der Waals surface area contributed by atoms with E-state index in [0.29, 0.717) is 11.5 Å². The van der Waals surface area contributed by atoms with Gasteiger partial charge in [0.2, 0.25) is 5.95 Å². The van der Waals surface area contributed by atoms with E-state index in [2.05, 4.69) is 30.9 Å². The lowest BCUT2D eigenvalue weighted by Crippen LogP contribution is -2.38. The van der Waals surface area contributed by atoms with Crippen molar-refractivity contribution in [2.24, 2.45) is 0 Å². The highest BCUT2D eigenvalue weighted by molar-refractivity contribution is 5.93. The Morgan fingerprint density at radius 1 is 1.06 bits per heavy atom. The minimum absolute atomic E-state index is 0.00850. The fourth-order valence-corrected chi connectivity index (χ4v) is 4.57. The van der Waals surface area contributed by atoms with Gasteiger partial charge in [0.05, 0.1) is 28.8 Å². The molecule has 1 fully saturated rings. The van der Waals surface area contributed by atoms with E-state index in [9.17, 15) is 4.79 Å². The van der Waals surface area contributed by atoms with E-state index < -0.39 is 0 Å². The van der Waals surface area contributed by atoms with Gasteiger partial charge in [-0.3, -0.25) is 4.79 Å². The van der Waals surface area contributed by atoms with Crippen LogP contribution in [-0.2, 0) is 6.42 Å². The lowest BCUT2D eigenvalue weighted by atomic mass is 10.0. The number of rotatable bonds is 3. The summed E-state index contributed by atoms with van der Waals surface area (Å²) in [5, 5.41) is 4.79. The first-order chi connectivity index (χ1) is 15.3. The second-order valence-corrected chi connectivity index (χ2v) is 8.02. The standard InChI is InChI=1S/C22H22N8O/c31-21(28-7-3-4-8-28)15-12-23-22(24-13-15)29-10-6-17-19(26-14-25-17)20(29)18-11-16-5-1-2-9-30(16)27-18/h1-2,5,9,11-14,20H,3-4,6-8,10H2,(H,25,26)/t20-/m1/s1. The number of hydrogen-bond acceptors (Lipinski definition) is 6. The maximum atomic E-state index is 12.7. The quantitative estimate of drug-likeness (QED) is 0.552. The van der Waals surface area contributed by atoms with Gasteiger partial charge in [-0.15, -0.1) is 0 Å². The van der Waals surface area contributed by atoms with Gasteiger partial charge < -0.3 is 14.8 Å². The van der Waals surface area contributed by atoms with Crippen LogP contribution < -0.4 is 4.90 Å². The molecule has 9 nitrogen and oxygen atoms in total.